The van der Waals surface area contributed by atoms with E-state index in [-0.39, 0.29) is 11.9 Å². The van der Waals surface area contributed by atoms with E-state index in [1.165, 1.54) is 0 Å². The van der Waals surface area contributed by atoms with Crippen LogP contribution in [0.1, 0.15) is 28.3 Å². The zero-order chi connectivity index (χ0) is 15.5. The van der Waals surface area contributed by atoms with E-state index in [2.05, 4.69) is 0 Å². The Hall–Kier alpha value is -2.27. The Bertz CT molecular complexity index is 651. The van der Waals surface area contributed by atoms with Crippen molar-refractivity contribution in [3.63, 3.8) is 0 Å². The summed E-state index contributed by atoms with van der Waals surface area (Å²) in [6.45, 7) is 3.51. The van der Waals surface area contributed by atoms with Crippen LogP contribution >= 0.6 is 0 Å². The Morgan fingerprint density at radius 2 is 2.18 bits per heavy atom. The summed E-state index contributed by atoms with van der Waals surface area (Å²) in [6.07, 6.45) is 0.843. The van der Waals surface area contributed by atoms with Gasteiger partial charge in [-0.1, -0.05) is 18.2 Å². The lowest BCUT2D eigenvalue weighted by Gasteiger charge is -2.13. The molecule has 0 spiro atoms. The average Bonchev–Trinajstić information content (AvgIpc) is 3.12. The monoisotopic (exact) mass is 300 g/mol. The molecule has 1 aromatic heterocycles. The van der Waals surface area contributed by atoms with E-state index < -0.39 is 0 Å². The fourth-order valence-corrected chi connectivity index (χ4v) is 2.57. The number of hydrogen-bond donors (Lipinski definition) is 1. The zero-order valence-corrected chi connectivity index (χ0v) is 12.6. The number of amides is 1. The molecule has 22 heavy (non-hydrogen) atoms. The van der Waals surface area contributed by atoms with Crippen molar-refractivity contribution in [1.29, 1.82) is 0 Å². The highest BCUT2D eigenvalue weighted by Gasteiger charge is 2.27. The largest absolute Gasteiger partial charge is 0.489 e. The van der Waals surface area contributed by atoms with Crippen LogP contribution in [0.2, 0.25) is 0 Å². The lowest BCUT2D eigenvalue weighted by atomic mass is 10.2. The Kier molecular flexibility index (Phi) is 4.15. The van der Waals surface area contributed by atoms with Crippen LogP contribution in [0.4, 0.5) is 0 Å². The molecule has 5 heteroatoms. The maximum absolute atomic E-state index is 12.4. The highest BCUT2D eigenvalue weighted by molar-refractivity contribution is 5.92. The van der Waals surface area contributed by atoms with Crippen LogP contribution in [0.3, 0.4) is 0 Å². The Balaban J connectivity index is 1.67. The summed E-state index contributed by atoms with van der Waals surface area (Å²) in [5, 5.41) is 0. The van der Waals surface area contributed by atoms with Gasteiger partial charge >= 0.3 is 0 Å². The normalized spacial score (nSPS) is 17.7. The van der Waals surface area contributed by atoms with Gasteiger partial charge in [0, 0.05) is 24.7 Å². The summed E-state index contributed by atoms with van der Waals surface area (Å²) >= 11 is 0. The average molecular weight is 300 g/mol. The summed E-state index contributed by atoms with van der Waals surface area (Å²) < 4.78 is 11.3. The van der Waals surface area contributed by atoms with Crippen molar-refractivity contribution in [2.75, 3.05) is 13.1 Å². The van der Waals surface area contributed by atoms with Crippen molar-refractivity contribution in [1.82, 2.24) is 4.90 Å². The van der Waals surface area contributed by atoms with Gasteiger partial charge in [-0.25, -0.2) is 0 Å². The molecule has 1 saturated heterocycles. The first-order valence-corrected chi connectivity index (χ1v) is 7.45. The van der Waals surface area contributed by atoms with Crippen molar-refractivity contribution in [3.05, 3.63) is 53.5 Å². The van der Waals surface area contributed by atoms with Gasteiger partial charge in [0.2, 0.25) is 0 Å². The van der Waals surface area contributed by atoms with Crippen LogP contribution in [-0.4, -0.2) is 29.9 Å². The molecule has 0 bridgehead atoms. The predicted molar refractivity (Wildman–Crippen MR) is 82.7 cm³/mol. The summed E-state index contributed by atoms with van der Waals surface area (Å²) in [7, 11) is 0. The third-order valence-corrected chi connectivity index (χ3v) is 3.88. The molecule has 1 amide bonds. The molecule has 5 nitrogen and oxygen atoms in total. The summed E-state index contributed by atoms with van der Waals surface area (Å²) in [6, 6.07) is 11.4. The molecular weight excluding hydrogens is 280 g/mol. The van der Waals surface area contributed by atoms with Crippen molar-refractivity contribution < 1.29 is 13.9 Å². The number of carbonyl (C=O) groups is 1. The van der Waals surface area contributed by atoms with Gasteiger partial charge in [-0.3, -0.25) is 4.79 Å². The van der Waals surface area contributed by atoms with Crippen molar-refractivity contribution in [2.45, 2.75) is 26.0 Å². The van der Waals surface area contributed by atoms with Gasteiger partial charge in [-0.15, -0.1) is 0 Å². The maximum atomic E-state index is 12.4. The van der Waals surface area contributed by atoms with E-state index in [1.807, 2.05) is 37.3 Å². The van der Waals surface area contributed by atoms with Gasteiger partial charge in [0.05, 0.1) is 0 Å². The molecule has 3 rings (SSSR count). The minimum Gasteiger partial charge on any atom is -0.489 e. The van der Waals surface area contributed by atoms with Crippen LogP contribution in [0, 0.1) is 6.92 Å². The molecule has 2 aromatic rings. The summed E-state index contributed by atoms with van der Waals surface area (Å²) in [4.78, 5) is 14.1. The third kappa shape index (κ3) is 3.14. The molecule has 1 aliphatic rings. The second-order valence-corrected chi connectivity index (χ2v) is 5.59. The first-order chi connectivity index (χ1) is 10.6. The molecule has 2 N–H and O–H groups in total. The number of hydrogen-bond acceptors (Lipinski definition) is 4. The molecule has 2 heterocycles. The second kappa shape index (κ2) is 6.23. The maximum Gasteiger partial charge on any atom is 0.289 e. The molecule has 1 atom stereocenters. The molecule has 116 valence electrons. The molecule has 0 aliphatic carbocycles. The van der Waals surface area contributed by atoms with Crippen LogP contribution in [0.25, 0.3) is 0 Å². The number of aryl methyl sites for hydroxylation is 1. The molecule has 0 radical (unpaired) electrons. The quantitative estimate of drug-likeness (QED) is 0.941. The molecule has 1 fully saturated rings. The van der Waals surface area contributed by atoms with Gasteiger partial charge < -0.3 is 19.8 Å². The van der Waals surface area contributed by atoms with Gasteiger partial charge in [0.25, 0.3) is 5.91 Å². The van der Waals surface area contributed by atoms with Gasteiger partial charge in [-0.2, -0.15) is 0 Å². The number of rotatable bonds is 4. The lowest BCUT2D eigenvalue weighted by molar-refractivity contribution is 0.0758. The predicted octanol–water partition coefficient (Wildman–Crippen LogP) is 2.34. The Morgan fingerprint density at radius 3 is 2.86 bits per heavy atom. The van der Waals surface area contributed by atoms with E-state index in [1.54, 1.807) is 11.0 Å². The Morgan fingerprint density at radius 1 is 1.41 bits per heavy atom. The Labute approximate surface area is 129 Å². The number of benzene rings is 1. The summed E-state index contributed by atoms with van der Waals surface area (Å²) in [5.74, 6) is 1.77. The minimum absolute atomic E-state index is 0.0703. The van der Waals surface area contributed by atoms with E-state index in [9.17, 15) is 4.79 Å². The highest BCUT2D eigenvalue weighted by atomic mass is 16.5. The van der Waals surface area contributed by atoms with Crippen LogP contribution in [0.15, 0.2) is 40.8 Å². The first kappa shape index (κ1) is 14.7. The van der Waals surface area contributed by atoms with E-state index in [0.29, 0.717) is 31.2 Å². The van der Waals surface area contributed by atoms with Crippen LogP contribution < -0.4 is 10.5 Å². The van der Waals surface area contributed by atoms with E-state index in [0.717, 1.165) is 17.7 Å². The van der Waals surface area contributed by atoms with E-state index in [4.69, 9.17) is 14.9 Å². The van der Waals surface area contributed by atoms with E-state index >= 15 is 0 Å². The van der Waals surface area contributed by atoms with Gasteiger partial charge in [-0.05, 0) is 31.5 Å². The minimum atomic E-state index is -0.0954. The fourth-order valence-electron chi connectivity index (χ4n) is 2.57. The van der Waals surface area contributed by atoms with Gasteiger partial charge in [0.1, 0.15) is 18.1 Å². The zero-order valence-electron chi connectivity index (χ0n) is 12.6. The summed E-state index contributed by atoms with van der Waals surface area (Å²) in [5.41, 5.74) is 6.73. The van der Waals surface area contributed by atoms with Crippen LogP contribution in [0.5, 0.6) is 5.75 Å². The van der Waals surface area contributed by atoms with Crippen LogP contribution in [-0.2, 0) is 6.61 Å². The number of carbonyl (C=O) groups excluding carboxylic acids is 1. The topological polar surface area (TPSA) is 68.7 Å². The van der Waals surface area contributed by atoms with Crippen molar-refractivity contribution >= 4 is 5.91 Å². The molecular formula is C17H20N2O3. The standard InChI is InChI=1S/C17H20N2O3/c1-12-13(11-21-15-5-3-2-4-6-15)9-16(22-12)17(20)19-8-7-14(18)10-19/h2-6,9,14H,7-8,10-11,18H2,1H3. The first-order valence-electron chi connectivity index (χ1n) is 7.45. The lowest BCUT2D eigenvalue weighted by Crippen LogP contribution is -2.31. The smallest absolute Gasteiger partial charge is 0.289 e. The number of furan rings is 1. The second-order valence-electron chi connectivity index (χ2n) is 5.59. The van der Waals surface area contributed by atoms with Gasteiger partial charge in [0.15, 0.2) is 5.76 Å². The molecule has 1 aromatic carbocycles. The number of nitrogens with two attached hydrogens (primary N) is 1. The molecule has 0 saturated carbocycles. The molecule has 1 unspecified atom stereocenters. The fraction of sp³-hybridized carbons (Fsp3) is 0.353. The number of likely N-dealkylation sites (tertiary alicyclic amines) is 1. The van der Waals surface area contributed by atoms with Crippen molar-refractivity contribution in [2.24, 2.45) is 5.73 Å². The highest BCUT2D eigenvalue weighted by Crippen LogP contribution is 2.20. The number of para-hydroxylation sites is 1. The van der Waals surface area contributed by atoms with Crippen molar-refractivity contribution in [3.8, 4) is 5.75 Å². The SMILES string of the molecule is Cc1oc(C(=O)N2CCC(N)C2)cc1COc1ccccc1. The number of ether oxygens (including phenoxy) is 1. The third-order valence-electron chi connectivity index (χ3n) is 3.88. The number of nitrogens with zero attached hydrogens (tertiary/aromatic N) is 1. The molecule has 1 aliphatic heterocycles.